The number of para-hydroxylation sites is 1. The molecule has 1 aromatic carbocycles. The molecule has 1 unspecified atom stereocenters. The van der Waals surface area contributed by atoms with E-state index in [0.717, 1.165) is 16.8 Å². The van der Waals surface area contributed by atoms with Crippen LogP contribution in [0.25, 0.3) is 0 Å². The number of carbonyl (C=O) groups excluding carboxylic acids is 4. The highest BCUT2D eigenvalue weighted by Crippen LogP contribution is 2.21. The maximum atomic E-state index is 12.5. The molecule has 0 aromatic heterocycles. The molecular weight excluding hydrogens is 424 g/mol. The number of hydrogen-bond donors (Lipinski definition) is 1. The number of esters is 1. The summed E-state index contributed by atoms with van der Waals surface area (Å²) in [5.74, 6) is -1.41. The lowest BCUT2D eigenvalue weighted by molar-refractivity contribution is -0.156. The molecule has 1 N–H and O–H groups in total. The number of rotatable bonds is 7. The van der Waals surface area contributed by atoms with E-state index in [2.05, 4.69) is 5.32 Å². The summed E-state index contributed by atoms with van der Waals surface area (Å²) < 4.78 is 5.21. The smallest absolute Gasteiger partial charge is 0.311 e. The Labute approximate surface area is 195 Å². The van der Waals surface area contributed by atoms with Gasteiger partial charge in [0, 0.05) is 50.9 Å². The number of hydrogen-bond acceptors (Lipinski definition) is 6. The summed E-state index contributed by atoms with van der Waals surface area (Å²) in [6.45, 7) is 10.1. The highest BCUT2D eigenvalue weighted by molar-refractivity contribution is 5.93. The summed E-state index contributed by atoms with van der Waals surface area (Å²) in [6, 6.07) is 5.92. The normalized spacial score (nSPS) is 19.2. The largest absolute Gasteiger partial charge is 0.455 e. The lowest BCUT2D eigenvalue weighted by atomic mass is 10.1. The molecule has 0 spiro atoms. The maximum absolute atomic E-state index is 12.5. The van der Waals surface area contributed by atoms with Gasteiger partial charge in [-0.05, 0) is 38.8 Å². The summed E-state index contributed by atoms with van der Waals surface area (Å²) in [7, 11) is 0. The van der Waals surface area contributed by atoms with Gasteiger partial charge in [-0.25, -0.2) is 0 Å². The quantitative estimate of drug-likeness (QED) is 0.616. The Hall–Kier alpha value is -2.94. The zero-order chi connectivity index (χ0) is 24.1. The molecule has 0 saturated carbocycles. The first-order valence-corrected chi connectivity index (χ1v) is 11.5. The van der Waals surface area contributed by atoms with Gasteiger partial charge in [-0.3, -0.25) is 24.1 Å². The maximum Gasteiger partial charge on any atom is 0.311 e. The Balaban J connectivity index is 1.39. The molecule has 0 radical (unpaired) electrons. The first kappa shape index (κ1) is 24.7. The van der Waals surface area contributed by atoms with E-state index in [1.54, 1.807) is 9.80 Å². The molecule has 2 saturated heterocycles. The summed E-state index contributed by atoms with van der Waals surface area (Å²) in [5.41, 5.74) is 2.89. The predicted molar refractivity (Wildman–Crippen MR) is 123 cm³/mol. The number of carbonyl (C=O) groups is 4. The van der Waals surface area contributed by atoms with Crippen molar-refractivity contribution in [3.8, 4) is 0 Å². The van der Waals surface area contributed by atoms with Gasteiger partial charge in [-0.2, -0.15) is 0 Å². The topological polar surface area (TPSA) is 99.3 Å². The van der Waals surface area contributed by atoms with E-state index in [4.69, 9.17) is 4.74 Å². The molecule has 2 heterocycles. The van der Waals surface area contributed by atoms with Crippen LogP contribution in [-0.2, 0) is 23.9 Å². The fourth-order valence-electron chi connectivity index (χ4n) is 4.28. The van der Waals surface area contributed by atoms with E-state index in [-0.39, 0.29) is 43.3 Å². The standard InChI is InChI=1S/C24H34N4O5/c1-16(2)28-13-19(12-21(28)30)24(32)33-15-22(31)27-10-8-26(9-11-27)14-20(29)25-23-17(3)6-5-7-18(23)4/h5-7,16,19H,8-15H2,1-4H3,(H,25,29). The first-order valence-electron chi connectivity index (χ1n) is 11.5. The van der Waals surface area contributed by atoms with E-state index in [1.165, 1.54) is 0 Å². The number of nitrogens with one attached hydrogen (secondary N) is 1. The van der Waals surface area contributed by atoms with Crippen LogP contribution in [-0.4, -0.2) is 90.3 Å². The zero-order valence-electron chi connectivity index (χ0n) is 19.9. The molecule has 2 aliphatic rings. The lowest BCUT2D eigenvalue weighted by Crippen LogP contribution is -2.51. The van der Waals surface area contributed by atoms with Crippen LogP contribution >= 0.6 is 0 Å². The predicted octanol–water partition coefficient (Wildman–Crippen LogP) is 1.19. The van der Waals surface area contributed by atoms with Crippen molar-refractivity contribution in [3.63, 3.8) is 0 Å². The Bertz CT molecular complexity index is 888. The molecule has 0 bridgehead atoms. The van der Waals surface area contributed by atoms with Crippen LogP contribution in [0, 0.1) is 19.8 Å². The van der Waals surface area contributed by atoms with Gasteiger partial charge in [0.15, 0.2) is 6.61 Å². The summed E-state index contributed by atoms with van der Waals surface area (Å²) in [5, 5.41) is 2.99. The Morgan fingerprint density at radius 2 is 1.73 bits per heavy atom. The van der Waals surface area contributed by atoms with E-state index in [0.29, 0.717) is 32.7 Å². The van der Waals surface area contributed by atoms with Crippen molar-refractivity contribution in [2.24, 2.45) is 5.92 Å². The third-order valence-electron chi connectivity index (χ3n) is 6.29. The summed E-state index contributed by atoms with van der Waals surface area (Å²) in [6.07, 6.45) is 0.133. The molecule has 2 fully saturated rings. The average molecular weight is 459 g/mol. The van der Waals surface area contributed by atoms with Crippen molar-refractivity contribution in [3.05, 3.63) is 29.3 Å². The van der Waals surface area contributed by atoms with Crippen molar-refractivity contribution in [2.75, 3.05) is 51.2 Å². The highest BCUT2D eigenvalue weighted by Gasteiger charge is 2.37. The summed E-state index contributed by atoms with van der Waals surface area (Å²) in [4.78, 5) is 54.5. The van der Waals surface area contributed by atoms with Gasteiger partial charge in [-0.15, -0.1) is 0 Å². The van der Waals surface area contributed by atoms with Crippen molar-refractivity contribution in [1.82, 2.24) is 14.7 Å². The van der Waals surface area contributed by atoms with Crippen LogP contribution in [0.1, 0.15) is 31.4 Å². The molecule has 1 aromatic rings. The van der Waals surface area contributed by atoms with E-state index < -0.39 is 11.9 Å². The molecule has 3 amide bonds. The van der Waals surface area contributed by atoms with Gasteiger partial charge in [0.05, 0.1) is 12.5 Å². The van der Waals surface area contributed by atoms with Crippen LogP contribution < -0.4 is 5.32 Å². The zero-order valence-corrected chi connectivity index (χ0v) is 19.9. The van der Waals surface area contributed by atoms with Gasteiger partial charge in [0.1, 0.15) is 0 Å². The number of amides is 3. The number of anilines is 1. The Morgan fingerprint density at radius 1 is 1.09 bits per heavy atom. The van der Waals surface area contributed by atoms with E-state index in [9.17, 15) is 19.2 Å². The van der Waals surface area contributed by atoms with Crippen molar-refractivity contribution >= 4 is 29.4 Å². The van der Waals surface area contributed by atoms with Gasteiger partial charge in [-0.1, -0.05) is 18.2 Å². The van der Waals surface area contributed by atoms with Crippen LogP contribution in [0.2, 0.25) is 0 Å². The Morgan fingerprint density at radius 3 is 2.30 bits per heavy atom. The SMILES string of the molecule is Cc1cccc(C)c1NC(=O)CN1CCN(C(=O)COC(=O)C2CC(=O)N(C(C)C)C2)CC1. The lowest BCUT2D eigenvalue weighted by Gasteiger charge is -2.34. The molecule has 9 heteroatoms. The molecule has 0 aliphatic carbocycles. The van der Waals surface area contributed by atoms with Crippen LogP contribution in [0.5, 0.6) is 0 Å². The van der Waals surface area contributed by atoms with Gasteiger partial charge in [0.2, 0.25) is 11.8 Å². The fourth-order valence-corrected chi connectivity index (χ4v) is 4.28. The van der Waals surface area contributed by atoms with E-state index >= 15 is 0 Å². The average Bonchev–Trinajstić information content (AvgIpc) is 3.17. The number of benzene rings is 1. The minimum atomic E-state index is -0.514. The van der Waals surface area contributed by atoms with Crippen LogP contribution in [0.3, 0.4) is 0 Å². The highest BCUT2D eigenvalue weighted by atomic mass is 16.5. The minimum Gasteiger partial charge on any atom is -0.455 e. The Kier molecular flexibility index (Phi) is 8.07. The van der Waals surface area contributed by atoms with Crippen molar-refractivity contribution < 1.29 is 23.9 Å². The minimum absolute atomic E-state index is 0.0380. The number of ether oxygens (including phenoxy) is 1. The molecule has 3 rings (SSSR count). The summed E-state index contributed by atoms with van der Waals surface area (Å²) >= 11 is 0. The first-order chi connectivity index (χ1) is 15.7. The van der Waals surface area contributed by atoms with Gasteiger partial charge < -0.3 is 19.9 Å². The number of nitrogens with zero attached hydrogens (tertiary/aromatic N) is 3. The van der Waals surface area contributed by atoms with Crippen molar-refractivity contribution in [2.45, 2.75) is 40.2 Å². The number of piperazine rings is 1. The third kappa shape index (κ3) is 6.31. The molecule has 2 aliphatic heterocycles. The molecule has 1 atom stereocenters. The molecule has 180 valence electrons. The molecular formula is C24H34N4O5. The fraction of sp³-hybridized carbons (Fsp3) is 0.583. The van der Waals surface area contributed by atoms with Crippen LogP contribution in [0.15, 0.2) is 18.2 Å². The van der Waals surface area contributed by atoms with Crippen LogP contribution in [0.4, 0.5) is 5.69 Å². The van der Waals surface area contributed by atoms with Crippen molar-refractivity contribution in [1.29, 1.82) is 0 Å². The number of likely N-dealkylation sites (tertiary alicyclic amines) is 1. The van der Waals surface area contributed by atoms with E-state index in [1.807, 2.05) is 50.8 Å². The monoisotopic (exact) mass is 458 g/mol. The second kappa shape index (κ2) is 10.8. The second-order valence-electron chi connectivity index (χ2n) is 9.12. The molecule has 33 heavy (non-hydrogen) atoms. The van der Waals surface area contributed by atoms with Gasteiger partial charge in [0.25, 0.3) is 5.91 Å². The third-order valence-corrected chi connectivity index (χ3v) is 6.29. The van der Waals surface area contributed by atoms with Gasteiger partial charge >= 0.3 is 5.97 Å². The molecule has 9 nitrogen and oxygen atoms in total. The number of aryl methyl sites for hydroxylation is 2. The second-order valence-corrected chi connectivity index (χ2v) is 9.12.